The first-order chi connectivity index (χ1) is 8.54. The summed E-state index contributed by atoms with van der Waals surface area (Å²) in [5, 5.41) is 5.89. The molecule has 3 N–H and O–H groups in total. The maximum Gasteiger partial charge on any atom is 0.330 e. The minimum Gasteiger partial charge on any atom is -0.403 e. The van der Waals surface area contributed by atoms with Crippen LogP contribution in [0.25, 0.3) is 0 Å². The molecule has 0 bridgehead atoms. The van der Waals surface area contributed by atoms with Crippen molar-refractivity contribution < 1.29 is 4.74 Å². The van der Waals surface area contributed by atoms with Crippen molar-refractivity contribution in [3.63, 3.8) is 0 Å². The molecule has 94 valence electrons. The van der Waals surface area contributed by atoms with Gasteiger partial charge in [0.2, 0.25) is 17.8 Å². The topological polar surface area (TPSA) is 123 Å². The van der Waals surface area contributed by atoms with Crippen LogP contribution in [0.15, 0.2) is 16.9 Å². The van der Waals surface area contributed by atoms with E-state index in [0.29, 0.717) is 5.95 Å². The first kappa shape index (κ1) is 11.8. The number of anilines is 2. The van der Waals surface area contributed by atoms with Gasteiger partial charge in [-0.15, -0.1) is 5.10 Å². The quantitative estimate of drug-likeness (QED) is 0.738. The Kier molecular flexibility index (Phi) is 3.04. The monoisotopic (exact) mass is 249 g/mol. The van der Waals surface area contributed by atoms with Crippen LogP contribution in [-0.4, -0.2) is 39.2 Å². The molecule has 2 aromatic rings. The molecule has 0 saturated heterocycles. The minimum atomic E-state index is -0.327. The Morgan fingerprint density at radius 3 is 2.67 bits per heavy atom. The van der Waals surface area contributed by atoms with Crippen LogP contribution in [0.4, 0.5) is 11.9 Å². The number of hydrogen-bond acceptors (Lipinski definition) is 8. The van der Waals surface area contributed by atoms with E-state index in [1.807, 2.05) is 0 Å². The van der Waals surface area contributed by atoms with E-state index in [9.17, 15) is 4.79 Å². The van der Waals surface area contributed by atoms with E-state index in [0.717, 1.165) is 0 Å². The zero-order chi connectivity index (χ0) is 13.1. The molecule has 0 fully saturated rings. The molecule has 0 amide bonds. The van der Waals surface area contributed by atoms with Gasteiger partial charge in [-0.1, -0.05) is 0 Å². The second kappa shape index (κ2) is 4.65. The third-order valence-corrected chi connectivity index (χ3v) is 1.87. The van der Waals surface area contributed by atoms with Gasteiger partial charge in [-0.3, -0.25) is 4.79 Å². The van der Waals surface area contributed by atoms with Crippen molar-refractivity contribution in [2.45, 2.75) is 0 Å². The molecular formula is C9H11N7O2. The Labute approximate surface area is 102 Å². The number of ether oxygens (including phenoxy) is 1. The Bertz CT molecular complexity index is 590. The number of H-pyrrole nitrogens is 1. The fraction of sp³-hybridized carbons (Fsp3) is 0.222. The van der Waals surface area contributed by atoms with Gasteiger partial charge in [-0.25, -0.2) is 5.10 Å². The molecule has 0 spiro atoms. The SMILES string of the molecule is CN(C)c1nc(N)nc(Oc2ccc(=O)[nH]n2)n1. The zero-order valence-electron chi connectivity index (χ0n) is 9.78. The Balaban J connectivity index is 2.28. The zero-order valence-corrected chi connectivity index (χ0v) is 9.78. The lowest BCUT2D eigenvalue weighted by atomic mass is 10.6. The van der Waals surface area contributed by atoms with Crippen molar-refractivity contribution in [1.82, 2.24) is 25.1 Å². The van der Waals surface area contributed by atoms with E-state index >= 15 is 0 Å². The van der Waals surface area contributed by atoms with Crippen LogP contribution in [0.1, 0.15) is 0 Å². The summed E-state index contributed by atoms with van der Waals surface area (Å²) in [6, 6.07) is 2.68. The third kappa shape index (κ3) is 2.70. The molecule has 2 heterocycles. The van der Waals surface area contributed by atoms with Gasteiger partial charge in [0, 0.05) is 26.2 Å². The summed E-state index contributed by atoms with van der Waals surface area (Å²) in [5.74, 6) is 0.556. The molecule has 0 aliphatic rings. The maximum atomic E-state index is 10.8. The Morgan fingerprint density at radius 1 is 1.28 bits per heavy atom. The van der Waals surface area contributed by atoms with Crippen LogP contribution < -0.4 is 20.9 Å². The second-order valence-corrected chi connectivity index (χ2v) is 3.53. The predicted octanol–water partition coefficient (Wildman–Crippen LogP) is -0.605. The normalized spacial score (nSPS) is 10.1. The van der Waals surface area contributed by atoms with E-state index in [-0.39, 0.29) is 23.4 Å². The van der Waals surface area contributed by atoms with Crippen molar-refractivity contribution in [2.75, 3.05) is 24.7 Å². The molecular weight excluding hydrogens is 238 g/mol. The first-order valence-electron chi connectivity index (χ1n) is 4.97. The molecule has 0 unspecified atom stereocenters. The van der Waals surface area contributed by atoms with E-state index < -0.39 is 0 Å². The number of aromatic nitrogens is 5. The van der Waals surface area contributed by atoms with Crippen LogP contribution in [0.5, 0.6) is 11.9 Å². The average Bonchev–Trinajstić information content (AvgIpc) is 2.31. The van der Waals surface area contributed by atoms with Crippen LogP contribution >= 0.6 is 0 Å². The van der Waals surface area contributed by atoms with E-state index in [1.165, 1.54) is 12.1 Å². The molecule has 9 nitrogen and oxygen atoms in total. The second-order valence-electron chi connectivity index (χ2n) is 3.53. The largest absolute Gasteiger partial charge is 0.403 e. The van der Waals surface area contributed by atoms with Gasteiger partial charge in [-0.05, 0) is 0 Å². The maximum absolute atomic E-state index is 10.8. The summed E-state index contributed by atoms with van der Waals surface area (Å²) in [4.78, 5) is 24.2. The third-order valence-electron chi connectivity index (χ3n) is 1.87. The molecule has 0 aliphatic heterocycles. The number of aromatic amines is 1. The van der Waals surface area contributed by atoms with E-state index in [4.69, 9.17) is 10.5 Å². The van der Waals surface area contributed by atoms with Crippen LogP contribution in [0.3, 0.4) is 0 Å². The molecule has 0 radical (unpaired) electrons. The smallest absolute Gasteiger partial charge is 0.330 e. The van der Waals surface area contributed by atoms with E-state index in [2.05, 4.69) is 25.1 Å². The first-order valence-corrected chi connectivity index (χ1v) is 4.97. The molecule has 0 atom stereocenters. The van der Waals surface area contributed by atoms with Crippen LogP contribution in [0.2, 0.25) is 0 Å². The van der Waals surface area contributed by atoms with Gasteiger partial charge in [0.1, 0.15) is 0 Å². The fourth-order valence-electron chi connectivity index (χ4n) is 1.09. The van der Waals surface area contributed by atoms with Crippen LogP contribution in [-0.2, 0) is 0 Å². The summed E-state index contributed by atoms with van der Waals surface area (Å²) in [6.07, 6.45) is 0. The molecule has 2 aromatic heterocycles. The van der Waals surface area contributed by atoms with Crippen molar-refractivity contribution in [1.29, 1.82) is 0 Å². The molecule has 18 heavy (non-hydrogen) atoms. The lowest BCUT2D eigenvalue weighted by Gasteiger charge is -2.10. The van der Waals surface area contributed by atoms with Crippen molar-refractivity contribution in [3.8, 4) is 11.9 Å². The van der Waals surface area contributed by atoms with Gasteiger partial charge >= 0.3 is 6.01 Å². The average molecular weight is 249 g/mol. The Hall–Kier alpha value is -2.71. The van der Waals surface area contributed by atoms with Crippen molar-refractivity contribution in [2.24, 2.45) is 0 Å². The standard InChI is InChI=1S/C9H11N7O2/c1-16(2)8-11-7(10)12-9(13-8)18-6-4-3-5(17)14-15-6/h3-4H,1-2H3,(H,14,17)(H2,10,11,12,13). The van der Waals surface area contributed by atoms with Crippen LogP contribution in [0, 0.1) is 0 Å². The minimum absolute atomic E-state index is 0.00532. The van der Waals surface area contributed by atoms with Gasteiger partial charge in [0.25, 0.3) is 5.56 Å². The van der Waals surface area contributed by atoms with E-state index in [1.54, 1.807) is 19.0 Å². The summed E-state index contributed by atoms with van der Waals surface area (Å²) >= 11 is 0. The van der Waals surface area contributed by atoms with Gasteiger partial charge in [0.05, 0.1) is 0 Å². The molecule has 0 aromatic carbocycles. The highest BCUT2D eigenvalue weighted by Crippen LogP contribution is 2.16. The summed E-state index contributed by atoms with van der Waals surface area (Å²) in [5.41, 5.74) is 5.20. The number of nitrogens with zero attached hydrogens (tertiary/aromatic N) is 5. The number of nitrogen functional groups attached to an aromatic ring is 1. The molecule has 2 rings (SSSR count). The summed E-state index contributed by atoms with van der Waals surface area (Å²) < 4.78 is 5.25. The van der Waals surface area contributed by atoms with Gasteiger partial charge < -0.3 is 15.4 Å². The molecule has 0 saturated carbocycles. The highest BCUT2D eigenvalue weighted by atomic mass is 16.5. The molecule has 0 aliphatic carbocycles. The van der Waals surface area contributed by atoms with Gasteiger partial charge in [0.15, 0.2) is 0 Å². The van der Waals surface area contributed by atoms with Gasteiger partial charge in [-0.2, -0.15) is 15.0 Å². The van der Waals surface area contributed by atoms with Crippen molar-refractivity contribution in [3.05, 3.63) is 22.5 Å². The van der Waals surface area contributed by atoms with Crippen molar-refractivity contribution >= 4 is 11.9 Å². The predicted molar refractivity (Wildman–Crippen MR) is 63.5 cm³/mol. The Morgan fingerprint density at radius 2 is 2.06 bits per heavy atom. The highest BCUT2D eigenvalue weighted by molar-refractivity contribution is 5.34. The summed E-state index contributed by atoms with van der Waals surface area (Å²) in [6.45, 7) is 0. The lowest BCUT2D eigenvalue weighted by molar-refractivity contribution is 0.417. The number of hydrogen-bond donors (Lipinski definition) is 2. The number of nitrogens with two attached hydrogens (primary N) is 1. The lowest BCUT2D eigenvalue weighted by Crippen LogP contribution is -2.15. The summed E-state index contributed by atoms with van der Waals surface area (Å²) in [7, 11) is 3.52. The highest BCUT2D eigenvalue weighted by Gasteiger charge is 2.08. The fourth-order valence-corrected chi connectivity index (χ4v) is 1.09. The number of nitrogens with one attached hydrogen (secondary N) is 1. The number of rotatable bonds is 3. The molecule has 9 heteroatoms.